The number of hydrogen-bond donors (Lipinski definition) is 0. The minimum atomic E-state index is 0.406. The Morgan fingerprint density at radius 2 is 1.86 bits per heavy atom. The highest BCUT2D eigenvalue weighted by molar-refractivity contribution is 14.1. The highest BCUT2D eigenvalue weighted by Crippen LogP contribution is 2.23. The lowest BCUT2D eigenvalue weighted by molar-refractivity contribution is 0.0818. The minimum absolute atomic E-state index is 0.406. The first-order valence-corrected chi connectivity index (χ1v) is 8.81. The van der Waals surface area contributed by atoms with Crippen molar-refractivity contribution in [3.8, 4) is 0 Å². The molecule has 0 aliphatic carbocycles. The van der Waals surface area contributed by atoms with Crippen LogP contribution in [-0.2, 0) is 11.2 Å². The summed E-state index contributed by atoms with van der Waals surface area (Å²) in [6.45, 7) is 2.05. The van der Waals surface area contributed by atoms with Gasteiger partial charge in [0.1, 0.15) is 5.82 Å². The summed E-state index contributed by atoms with van der Waals surface area (Å²) in [6.07, 6.45) is 3.46. The molecule has 0 unspecified atom stereocenters. The SMILES string of the molecule is COC1CCN(c2ccc(I)c(Cc3ccccc3)n2)CC1. The highest BCUT2D eigenvalue weighted by Gasteiger charge is 2.20. The molecule has 0 spiro atoms. The lowest BCUT2D eigenvalue weighted by Crippen LogP contribution is -2.37. The second kappa shape index (κ2) is 7.42. The van der Waals surface area contributed by atoms with Gasteiger partial charge in [-0.15, -0.1) is 0 Å². The molecule has 0 amide bonds. The third kappa shape index (κ3) is 3.79. The van der Waals surface area contributed by atoms with Gasteiger partial charge in [0.2, 0.25) is 0 Å². The van der Waals surface area contributed by atoms with Crippen LogP contribution in [0, 0.1) is 3.57 Å². The lowest BCUT2D eigenvalue weighted by atomic mass is 10.1. The molecule has 1 fully saturated rings. The first-order valence-electron chi connectivity index (χ1n) is 7.73. The van der Waals surface area contributed by atoms with Crippen LogP contribution in [0.25, 0.3) is 0 Å². The summed E-state index contributed by atoms with van der Waals surface area (Å²) >= 11 is 2.38. The van der Waals surface area contributed by atoms with Crippen molar-refractivity contribution in [3.05, 3.63) is 57.3 Å². The van der Waals surface area contributed by atoms with E-state index in [9.17, 15) is 0 Å². The van der Waals surface area contributed by atoms with Crippen molar-refractivity contribution < 1.29 is 4.74 Å². The van der Waals surface area contributed by atoms with Gasteiger partial charge in [0.25, 0.3) is 0 Å². The maximum Gasteiger partial charge on any atom is 0.128 e. The number of halogens is 1. The first kappa shape index (κ1) is 15.7. The summed E-state index contributed by atoms with van der Waals surface area (Å²) in [5, 5.41) is 0. The Bertz CT molecular complexity index is 610. The molecule has 0 saturated carbocycles. The van der Waals surface area contributed by atoms with E-state index in [1.807, 2.05) is 0 Å². The molecule has 1 saturated heterocycles. The van der Waals surface area contributed by atoms with Crippen LogP contribution in [0.1, 0.15) is 24.1 Å². The number of piperidine rings is 1. The second-order valence-corrected chi connectivity index (χ2v) is 6.84. The molecule has 4 heteroatoms. The normalized spacial score (nSPS) is 16.0. The van der Waals surface area contributed by atoms with E-state index in [-0.39, 0.29) is 0 Å². The molecule has 3 rings (SSSR count). The summed E-state index contributed by atoms with van der Waals surface area (Å²) in [6, 6.07) is 14.9. The van der Waals surface area contributed by atoms with E-state index in [1.165, 1.54) is 9.13 Å². The van der Waals surface area contributed by atoms with Gasteiger partial charge in [0, 0.05) is 30.2 Å². The minimum Gasteiger partial charge on any atom is -0.381 e. The molecule has 22 heavy (non-hydrogen) atoms. The van der Waals surface area contributed by atoms with Gasteiger partial charge in [0.15, 0.2) is 0 Å². The van der Waals surface area contributed by atoms with Crippen LogP contribution in [0.2, 0.25) is 0 Å². The maximum absolute atomic E-state index is 5.45. The van der Waals surface area contributed by atoms with Crippen molar-refractivity contribution in [2.24, 2.45) is 0 Å². The van der Waals surface area contributed by atoms with Crippen LogP contribution in [0.4, 0.5) is 5.82 Å². The van der Waals surface area contributed by atoms with Crippen molar-refractivity contribution in [2.45, 2.75) is 25.4 Å². The topological polar surface area (TPSA) is 25.4 Å². The molecule has 1 aromatic carbocycles. The molecular weight excluding hydrogens is 387 g/mol. The molecule has 3 nitrogen and oxygen atoms in total. The number of anilines is 1. The predicted octanol–water partition coefficient (Wildman–Crippen LogP) is 3.89. The van der Waals surface area contributed by atoms with Gasteiger partial charge >= 0.3 is 0 Å². The molecular formula is C18H21IN2O. The van der Waals surface area contributed by atoms with Crippen molar-refractivity contribution in [3.63, 3.8) is 0 Å². The van der Waals surface area contributed by atoms with Crippen LogP contribution in [-0.4, -0.2) is 31.3 Å². The molecule has 0 atom stereocenters. The molecule has 0 N–H and O–H groups in total. The third-order valence-electron chi connectivity index (χ3n) is 4.22. The first-order chi connectivity index (χ1) is 10.8. The molecule has 1 aliphatic heterocycles. The lowest BCUT2D eigenvalue weighted by Gasteiger charge is -2.32. The van der Waals surface area contributed by atoms with Crippen molar-refractivity contribution in [1.82, 2.24) is 4.98 Å². The number of rotatable bonds is 4. The number of pyridine rings is 1. The van der Waals surface area contributed by atoms with E-state index in [0.717, 1.165) is 43.9 Å². The van der Waals surface area contributed by atoms with E-state index < -0.39 is 0 Å². The molecule has 2 aromatic rings. The van der Waals surface area contributed by atoms with Crippen molar-refractivity contribution in [2.75, 3.05) is 25.1 Å². The highest BCUT2D eigenvalue weighted by atomic mass is 127. The Labute approximate surface area is 145 Å². The van der Waals surface area contributed by atoms with Crippen LogP contribution < -0.4 is 4.90 Å². The van der Waals surface area contributed by atoms with Gasteiger partial charge in [-0.05, 0) is 53.1 Å². The Hall–Kier alpha value is -1.14. The average Bonchev–Trinajstić information content (AvgIpc) is 2.58. The van der Waals surface area contributed by atoms with E-state index >= 15 is 0 Å². The Morgan fingerprint density at radius 1 is 1.14 bits per heavy atom. The zero-order valence-corrected chi connectivity index (χ0v) is 15.0. The van der Waals surface area contributed by atoms with Gasteiger partial charge < -0.3 is 9.64 Å². The number of hydrogen-bond acceptors (Lipinski definition) is 3. The van der Waals surface area contributed by atoms with Crippen LogP contribution in [0.5, 0.6) is 0 Å². The Kier molecular flexibility index (Phi) is 5.31. The maximum atomic E-state index is 5.45. The number of nitrogens with zero attached hydrogens (tertiary/aromatic N) is 2. The largest absolute Gasteiger partial charge is 0.381 e. The Balaban J connectivity index is 1.75. The fourth-order valence-electron chi connectivity index (χ4n) is 2.88. The quantitative estimate of drug-likeness (QED) is 0.718. The standard InChI is InChI=1S/C18H21IN2O/c1-22-15-9-11-21(12-10-15)18-8-7-16(19)17(20-18)13-14-5-3-2-4-6-14/h2-8,15H,9-13H2,1H3. The third-order valence-corrected chi connectivity index (χ3v) is 5.20. The van der Waals surface area contributed by atoms with Crippen molar-refractivity contribution >= 4 is 28.4 Å². The number of benzene rings is 1. The smallest absolute Gasteiger partial charge is 0.128 e. The molecule has 2 heterocycles. The van der Waals surface area contributed by atoms with Crippen LogP contribution in [0.15, 0.2) is 42.5 Å². The molecule has 0 bridgehead atoms. The predicted molar refractivity (Wildman–Crippen MR) is 98.4 cm³/mol. The van der Waals surface area contributed by atoms with E-state index in [1.54, 1.807) is 7.11 Å². The zero-order chi connectivity index (χ0) is 15.4. The van der Waals surface area contributed by atoms with E-state index in [4.69, 9.17) is 9.72 Å². The van der Waals surface area contributed by atoms with Gasteiger partial charge in [-0.2, -0.15) is 0 Å². The molecule has 1 aliphatic rings. The Morgan fingerprint density at radius 3 is 2.55 bits per heavy atom. The summed E-state index contributed by atoms with van der Waals surface area (Å²) in [4.78, 5) is 7.29. The van der Waals surface area contributed by atoms with Crippen molar-refractivity contribution in [1.29, 1.82) is 0 Å². The van der Waals surface area contributed by atoms with Gasteiger partial charge in [-0.25, -0.2) is 4.98 Å². The van der Waals surface area contributed by atoms with Gasteiger partial charge in [-0.1, -0.05) is 30.3 Å². The van der Waals surface area contributed by atoms with E-state index in [2.05, 4.69) is 70.0 Å². The zero-order valence-electron chi connectivity index (χ0n) is 12.8. The summed E-state index contributed by atoms with van der Waals surface area (Å²) in [5.74, 6) is 1.10. The molecule has 116 valence electrons. The second-order valence-electron chi connectivity index (χ2n) is 5.68. The van der Waals surface area contributed by atoms with Gasteiger partial charge in [0.05, 0.1) is 11.8 Å². The number of aromatic nitrogens is 1. The number of methoxy groups -OCH3 is 1. The summed E-state index contributed by atoms with van der Waals surface area (Å²) < 4.78 is 6.68. The van der Waals surface area contributed by atoms with Gasteiger partial charge in [-0.3, -0.25) is 0 Å². The van der Waals surface area contributed by atoms with E-state index in [0.29, 0.717) is 6.10 Å². The summed E-state index contributed by atoms with van der Waals surface area (Å²) in [7, 11) is 1.81. The monoisotopic (exact) mass is 408 g/mol. The number of ether oxygens (including phenoxy) is 1. The molecule has 0 radical (unpaired) electrons. The average molecular weight is 408 g/mol. The van der Waals surface area contributed by atoms with Crippen LogP contribution in [0.3, 0.4) is 0 Å². The molecule has 1 aromatic heterocycles. The summed E-state index contributed by atoms with van der Waals surface area (Å²) in [5.41, 5.74) is 2.47. The van der Waals surface area contributed by atoms with Crippen LogP contribution >= 0.6 is 22.6 Å². The fraction of sp³-hybridized carbons (Fsp3) is 0.389. The fourth-order valence-corrected chi connectivity index (χ4v) is 3.37.